The molecular formula is C16H18N4O5. The van der Waals surface area contributed by atoms with Crippen molar-refractivity contribution in [2.75, 3.05) is 25.1 Å². The van der Waals surface area contributed by atoms with Gasteiger partial charge in [-0.15, -0.1) is 0 Å². The first-order valence-corrected chi connectivity index (χ1v) is 7.89. The molecule has 0 saturated carbocycles. The quantitative estimate of drug-likeness (QED) is 0.760. The number of H-pyrrole nitrogens is 1. The molecule has 2 aromatic heterocycles. The Morgan fingerprint density at radius 2 is 2.36 bits per heavy atom. The second-order valence-corrected chi connectivity index (χ2v) is 5.32. The molecule has 1 amide bonds. The molecule has 1 aliphatic rings. The van der Waals surface area contributed by atoms with Crippen molar-refractivity contribution < 1.29 is 23.8 Å². The number of nitrogens with one attached hydrogen (secondary N) is 2. The Bertz CT molecular complexity index is 754. The first-order valence-electron chi connectivity index (χ1n) is 7.89. The van der Waals surface area contributed by atoms with Gasteiger partial charge in [0.25, 0.3) is 5.91 Å². The summed E-state index contributed by atoms with van der Waals surface area (Å²) in [7, 11) is 0. The fourth-order valence-electron chi connectivity index (χ4n) is 2.32. The Balaban J connectivity index is 1.69. The Labute approximate surface area is 143 Å². The molecule has 3 heterocycles. The highest BCUT2D eigenvalue weighted by Crippen LogP contribution is 2.18. The van der Waals surface area contributed by atoms with Crippen molar-refractivity contribution in [3.05, 3.63) is 35.7 Å². The second-order valence-electron chi connectivity index (χ2n) is 5.32. The van der Waals surface area contributed by atoms with E-state index in [0.717, 1.165) is 6.42 Å². The van der Waals surface area contributed by atoms with Gasteiger partial charge < -0.3 is 19.5 Å². The summed E-state index contributed by atoms with van der Waals surface area (Å²) in [4.78, 5) is 28.3. The number of pyridine rings is 1. The average Bonchev–Trinajstić information content (AvgIpc) is 3.27. The minimum absolute atomic E-state index is 0.0613. The Hall–Kier alpha value is -2.94. The average molecular weight is 346 g/mol. The van der Waals surface area contributed by atoms with Crippen molar-refractivity contribution in [1.82, 2.24) is 15.2 Å². The van der Waals surface area contributed by atoms with Gasteiger partial charge in [0, 0.05) is 24.2 Å². The van der Waals surface area contributed by atoms with Crippen LogP contribution in [-0.2, 0) is 9.47 Å². The van der Waals surface area contributed by atoms with Gasteiger partial charge in [-0.25, -0.2) is 9.78 Å². The van der Waals surface area contributed by atoms with Gasteiger partial charge in [0.15, 0.2) is 0 Å². The van der Waals surface area contributed by atoms with Crippen LogP contribution in [-0.4, -0.2) is 53.0 Å². The lowest BCUT2D eigenvalue weighted by molar-refractivity contribution is 0.0527. The maximum atomic E-state index is 12.4. The third-order valence-electron chi connectivity index (χ3n) is 3.55. The maximum Gasteiger partial charge on any atom is 0.343 e. The SMILES string of the molecule is CCOC(=O)c1cn[nH]c1NC(=O)c1ccnc(OC2CCOC2)c1. The van der Waals surface area contributed by atoms with Gasteiger partial charge in [-0.3, -0.25) is 9.89 Å². The lowest BCUT2D eigenvalue weighted by Crippen LogP contribution is -2.18. The summed E-state index contributed by atoms with van der Waals surface area (Å²) in [5.41, 5.74) is 0.497. The Morgan fingerprint density at radius 3 is 3.12 bits per heavy atom. The number of anilines is 1. The third-order valence-corrected chi connectivity index (χ3v) is 3.55. The van der Waals surface area contributed by atoms with Crippen LogP contribution in [0.4, 0.5) is 5.82 Å². The van der Waals surface area contributed by atoms with Crippen LogP contribution in [0.1, 0.15) is 34.1 Å². The molecule has 1 atom stereocenters. The number of esters is 1. The molecule has 1 aliphatic heterocycles. The Morgan fingerprint density at radius 1 is 1.48 bits per heavy atom. The van der Waals surface area contributed by atoms with Crippen LogP contribution < -0.4 is 10.1 Å². The standard InChI is InChI=1S/C16H18N4O5/c1-2-24-16(22)12-8-18-20-14(12)19-15(21)10-3-5-17-13(7-10)25-11-4-6-23-9-11/h3,5,7-8,11H,2,4,6,9H2,1H3,(H2,18,19,20,21). The largest absolute Gasteiger partial charge is 0.472 e. The molecule has 1 saturated heterocycles. The zero-order chi connectivity index (χ0) is 17.6. The van der Waals surface area contributed by atoms with E-state index in [1.54, 1.807) is 13.0 Å². The third kappa shape index (κ3) is 4.13. The molecule has 9 nitrogen and oxygen atoms in total. The lowest BCUT2D eigenvalue weighted by Gasteiger charge is -2.11. The molecular weight excluding hydrogens is 328 g/mol. The summed E-state index contributed by atoms with van der Waals surface area (Å²) >= 11 is 0. The van der Waals surface area contributed by atoms with Crippen molar-refractivity contribution in [2.24, 2.45) is 0 Å². The Kier molecular flexibility index (Phi) is 5.24. The van der Waals surface area contributed by atoms with Crippen molar-refractivity contribution in [2.45, 2.75) is 19.4 Å². The van der Waals surface area contributed by atoms with Gasteiger partial charge >= 0.3 is 5.97 Å². The lowest BCUT2D eigenvalue weighted by atomic mass is 10.2. The van der Waals surface area contributed by atoms with E-state index in [2.05, 4.69) is 20.5 Å². The molecule has 2 aromatic rings. The molecule has 0 spiro atoms. The predicted octanol–water partition coefficient (Wildman–Crippen LogP) is 1.40. The topological polar surface area (TPSA) is 115 Å². The van der Waals surface area contributed by atoms with E-state index in [1.165, 1.54) is 18.5 Å². The number of aromatic nitrogens is 3. The van der Waals surface area contributed by atoms with Crippen LogP contribution in [0.3, 0.4) is 0 Å². The molecule has 0 aliphatic carbocycles. The molecule has 132 valence electrons. The van der Waals surface area contributed by atoms with Crippen LogP contribution in [0.15, 0.2) is 24.5 Å². The van der Waals surface area contributed by atoms with Crippen LogP contribution >= 0.6 is 0 Å². The first-order chi connectivity index (χ1) is 12.2. The number of nitrogens with zero attached hydrogens (tertiary/aromatic N) is 2. The predicted molar refractivity (Wildman–Crippen MR) is 86.6 cm³/mol. The fraction of sp³-hybridized carbons (Fsp3) is 0.375. The highest BCUT2D eigenvalue weighted by atomic mass is 16.5. The van der Waals surface area contributed by atoms with Crippen molar-refractivity contribution in [1.29, 1.82) is 0 Å². The summed E-state index contributed by atoms with van der Waals surface area (Å²) < 4.78 is 15.8. The second kappa shape index (κ2) is 7.75. The van der Waals surface area contributed by atoms with Gasteiger partial charge in [0.1, 0.15) is 17.5 Å². The number of rotatable bonds is 6. The summed E-state index contributed by atoms with van der Waals surface area (Å²) in [6.45, 7) is 3.09. The van der Waals surface area contributed by atoms with E-state index >= 15 is 0 Å². The first kappa shape index (κ1) is 16.9. The molecule has 3 rings (SSSR count). The number of ether oxygens (including phenoxy) is 3. The van der Waals surface area contributed by atoms with E-state index in [1.807, 2.05) is 0 Å². The molecule has 0 radical (unpaired) electrons. The van der Waals surface area contributed by atoms with Gasteiger partial charge in [-0.1, -0.05) is 0 Å². The minimum atomic E-state index is -0.563. The zero-order valence-corrected chi connectivity index (χ0v) is 13.7. The van der Waals surface area contributed by atoms with Crippen molar-refractivity contribution in [3.63, 3.8) is 0 Å². The summed E-state index contributed by atoms with van der Waals surface area (Å²) in [5.74, 6) is -0.471. The van der Waals surface area contributed by atoms with Crippen molar-refractivity contribution in [3.8, 4) is 5.88 Å². The molecule has 0 aromatic carbocycles. The van der Waals surface area contributed by atoms with E-state index in [9.17, 15) is 9.59 Å². The van der Waals surface area contributed by atoms with Crippen LogP contribution in [0.25, 0.3) is 0 Å². The zero-order valence-electron chi connectivity index (χ0n) is 13.7. The number of aromatic amines is 1. The van der Waals surface area contributed by atoms with Crippen LogP contribution in [0.2, 0.25) is 0 Å². The van der Waals surface area contributed by atoms with Crippen molar-refractivity contribution >= 4 is 17.7 Å². The molecule has 1 unspecified atom stereocenters. The summed E-state index contributed by atoms with van der Waals surface area (Å²) in [5, 5.41) is 8.94. The minimum Gasteiger partial charge on any atom is -0.472 e. The number of hydrogen-bond donors (Lipinski definition) is 2. The number of carbonyl (C=O) groups is 2. The van der Waals surface area contributed by atoms with Gasteiger partial charge in [0.05, 0.1) is 26.0 Å². The van der Waals surface area contributed by atoms with E-state index in [4.69, 9.17) is 14.2 Å². The summed E-state index contributed by atoms with van der Waals surface area (Å²) in [6, 6.07) is 3.09. The van der Waals surface area contributed by atoms with Crippen LogP contribution in [0.5, 0.6) is 5.88 Å². The van der Waals surface area contributed by atoms with E-state index < -0.39 is 11.9 Å². The molecule has 1 fully saturated rings. The van der Waals surface area contributed by atoms with Gasteiger partial charge in [0.2, 0.25) is 5.88 Å². The fourth-order valence-corrected chi connectivity index (χ4v) is 2.32. The van der Waals surface area contributed by atoms with E-state index in [-0.39, 0.29) is 24.1 Å². The van der Waals surface area contributed by atoms with Gasteiger partial charge in [-0.05, 0) is 13.0 Å². The number of amides is 1. The van der Waals surface area contributed by atoms with Crippen LogP contribution in [0, 0.1) is 0 Å². The highest BCUT2D eigenvalue weighted by Gasteiger charge is 2.20. The maximum absolute atomic E-state index is 12.4. The molecule has 2 N–H and O–H groups in total. The normalized spacial score (nSPS) is 16.4. The highest BCUT2D eigenvalue weighted by molar-refractivity contribution is 6.07. The molecule has 9 heteroatoms. The van der Waals surface area contributed by atoms with Gasteiger partial charge in [-0.2, -0.15) is 5.10 Å². The monoisotopic (exact) mass is 346 g/mol. The smallest absolute Gasteiger partial charge is 0.343 e. The van der Waals surface area contributed by atoms with E-state index in [0.29, 0.717) is 24.7 Å². The summed E-state index contributed by atoms with van der Waals surface area (Å²) in [6.07, 6.45) is 3.51. The number of carbonyl (C=O) groups excluding carboxylic acids is 2. The molecule has 25 heavy (non-hydrogen) atoms. The molecule has 0 bridgehead atoms. The number of hydrogen-bond acceptors (Lipinski definition) is 7.